The number of halogens is 2. The third-order valence-corrected chi connectivity index (χ3v) is 3.59. The third-order valence-electron chi connectivity index (χ3n) is 2.81. The van der Waals surface area contributed by atoms with E-state index in [1.165, 1.54) is 0 Å². The van der Waals surface area contributed by atoms with Gasteiger partial charge in [0.1, 0.15) is 5.75 Å². The quantitative estimate of drug-likeness (QED) is 0.836. The van der Waals surface area contributed by atoms with Crippen LogP contribution in [0.15, 0.2) is 34.9 Å². The number of aryl methyl sites for hydroxylation is 1. The van der Waals surface area contributed by atoms with Crippen molar-refractivity contribution in [1.82, 2.24) is 4.98 Å². The Hall–Kier alpha value is -1.26. The van der Waals surface area contributed by atoms with Crippen LogP contribution in [0, 0.1) is 6.92 Å². The van der Waals surface area contributed by atoms with E-state index in [2.05, 4.69) is 26.2 Å². The first-order valence-electron chi connectivity index (χ1n) is 5.79. The molecule has 0 saturated carbocycles. The molecule has 3 nitrogen and oxygen atoms in total. The molecule has 1 heterocycles. The highest BCUT2D eigenvalue weighted by molar-refractivity contribution is 9.10. The van der Waals surface area contributed by atoms with Crippen molar-refractivity contribution in [2.24, 2.45) is 0 Å². The van der Waals surface area contributed by atoms with Crippen LogP contribution in [0.5, 0.6) is 5.75 Å². The van der Waals surface area contributed by atoms with Crippen molar-refractivity contribution in [3.63, 3.8) is 0 Å². The fraction of sp³-hybridized carbons (Fsp3) is 0.214. The number of hydrogen-bond donors (Lipinski definition) is 1. The van der Waals surface area contributed by atoms with Gasteiger partial charge in [-0.15, -0.1) is 0 Å². The number of hydrogen-bond acceptors (Lipinski definition) is 3. The molecule has 0 aliphatic rings. The average molecular weight is 342 g/mol. The zero-order valence-corrected chi connectivity index (χ0v) is 13.0. The van der Waals surface area contributed by atoms with E-state index in [1.807, 2.05) is 31.2 Å². The highest BCUT2D eigenvalue weighted by atomic mass is 79.9. The molecule has 0 unspecified atom stereocenters. The van der Waals surface area contributed by atoms with Crippen molar-refractivity contribution >= 4 is 33.2 Å². The lowest BCUT2D eigenvalue weighted by Gasteiger charge is -2.13. The van der Waals surface area contributed by atoms with E-state index in [1.54, 1.807) is 13.3 Å². The van der Waals surface area contributed by atoms with Gasteiger partial charge < -0.3 is 10.1 Å². The lowest BCUT2D eigenvalue weighted by Crippen LogP contribution is -2.04. The zero-order valence-electron chi connectivity index (χ0n) is 10.7. The molecule has 1 aromatic heterocycles. The van der Waals surface area contributed by atoms with Gasteiger partial charge in [0.15, 0.2) is 5.15 Å². The van der Waals surface area contributed by atoms with Crippen LogP contribution in [0.4, 0.5) is 5.69 Å². The van der Waals surface area contributed by atoms with Gasteiger partial charge in [0.05, 0.1) is 12.8 Å². The predicted octanol–water partition coefficient (Wildman–Crippen LogP) is 4.43. The van der Waals surface area contributed by atoms with Gasteiger partial charge in [0, 0.05) is 22.8 Å². The molecule has 2 aromatic rings. The number of ether oxygens (including phenoxy) is 1. The highest BCUT2D eigenvalue weighted by Gasteiger charge is 2.07. The summed E-state index contributed by atoms with van der Waals surface area (Å²) >= 11 is 9.55. The largest absolute Gasteiger partial charge is 0.496 e. The van der Waals surface area contributed by atoms with Crippen LogP contribution in [0.25, 0.3) is 0 Å². The molecular formula is C14H14BrClN2O. The van der Waals surface area contributed by atoms with Gasteiger partial charge in [-0.1, -0.05) is 27.5 Å². The smallest absolute Gasteiger partial charge is 0.152 e. The van der Waals surface area contributed by atoms with Crippen LogP contribution >= 0.6 is 27.5 Å². The van der Waals surface area contributed by atoms with Crippen LogP contribution in [0.3, 0.4) is 0 Å². The SMILES string of the molecule is COc1ccc(Br)cc1CNc1c(C)ccnc1Cl. The summed E-state index contributed by atoms with van der Waals surface area (Å²) in [5.41, 5.74) is 2.97. The molecular weight excluding hydrogens is 328 g/mol. The molecule has 0 radical (unpaired) electrons. The first-order valence-corrected chi connectivity index (χ1v) is 6.96. The van der Waals surface area contributed by atoms with Crippen molar-refractivity contribution < 1.29 is 4.74 Å². The second kappa shape index (κ2) is 6.26. The van der Waals surface area contributed by atoms with Gasteiger partial charge in [-0.05, 0) is 36.8 Å². The first kappa shape index (κ1) is 14.2. The van der Waals surface area contributed by atoms with Crippen molar-refractivity contribution in [2.45, 2.75) is 13.5 Å². The molecule has 5 heteroatoms. The molecule has 0 spiro atoms. The second-order valence-corrected chi connectivity index (χ2v) is 5.38. The summed E-state index contributed by atoms with van der Waals surface area (Å²) in [4.78, 5) is 4.07. The molecule has 0 amide bonds. The molecule has 0 bridgehead atoms. The maximum Gasteiger partial charge on any atom is 0.152 e. The number of nitrogens with zero attached hydrogens (tertiary/aromatic N) is 1. The monoisotopic (exact) mass is 340 g/mol. The maximum atomic E-state index is 6.09. The van der Waals surface area contributed by atoms with Gasteiger partial charge in [0.2, 0.25) is 0 Å². The van der Waals surface area contributed by atoms with Gasteiger partial charge in [-0.3, -0.25) is 0 Å². The molecule has 0 atom stereocenters. The van der Waals surface area contributed by atoms with E-state index in [4.69, 9.17) is 16.3 Å². The Morgan fingerprint density at radius 3 is 2.84 bits per heavy atom. The molecule has 0 saturated heterocycles. The topological polar surface area (TPSA) is 34.1 Å². The molecule has 19 heavy (non-hydrogen) atoms. The van der Waals surface area contributed by atoms with Crippen molar-refractivity contribution in [3.05, 3.63) is 51.2 Å². The molecule has 0 fully saturated rings. The Labute approximate surface area is 126 Å². The molecule has 1 aromatic carbocycles. The molecule has 100 valence electrons. The Balaban J connectivity index is 2.21. The highest BCUT2D eigenvalue weighted by Crippen LogP contribution is 2.27. The normalized spacial score (nSPS) is 10.3. The summed E-state index contributed by atoms with van der Waals surface area (Å²) in [5.74, 6) is 0.841. The molecule has 0 aliphatic carbocycles. The molecule has 0 aliphatic heterocycles. The van der Waals surface area contributed by atoms with E-state index in [-0.39, 0.29) is 0 Å². The number of methoxy groups -OCH3 is 1. The van der Waals surface area contributed by atoms with E-state index in [9.17, 15) is 0 Å². The predicted molar refractivity (Wildman–Crippen MR) is 82.0 cm³/mol. The Bertz CT molecular complexity index is 569. The minimum absolute atomic E-state index is 0.481. The van der Waals surface area contributed by atoms with Gasteiger partial charge in [-0.25, -0.2) is 4.98 Å². The van der Waals surface area contributed by atoms with E-state index >= 15 is 0 Å². The van der Waals surface area contributed by atoms with E-state index in [0.717, 1.165) is 27.0 Å². The van der Waals surface area contributed by atoms with Gasteiger partial charge >= 0.3 is 0 Å². The van der Waals surface area contributed by atoms with Gasteiger partial charge in [0.25, 0.3) is 0 Å². The Morgan fingerprint density at radius 2 is 2.16 bits per heavy atom. The summed E-state index contributed by atoms with van der Waals surface area (Å²) in [6, 6.07) is 7.82. The molecule has 2 rings (SSSR count). The van der Waals surface area contributed by atoms with Crippen molar-refractivity contribution in [1.29, 1.82) is 0 Å². The fourth-order valence-corrected chi connectivity index (χ4v) is 2.49. The van der Waals surface area contributed by atoms with Crippen LogP contribution < -0.4 is 10.1 Å². The Morgan fingerprint density at radius 1 is 1.37 bits per heavy atom. The van der Waals surface area contributed by atoms with Crippen LogP contribution in [0.2, 0.25) is 5.15 Å². The number of aromatic nitrogens is 1. The average Bonchev–Trinajstić information content (AvgIpc) is 2.38. The Kier molecular flexibility index (Phi) is 4.66. The van der Waals surface area contributed by atoms with Crippen molar-refractivity contribution in [2.75, 3.05) is 12.4 Å². The van der Waals surface area contributed by atoms with Crippen LogP contribution in [0.1, 0.15) is 11.1 Å². The summed E-state index contributed by atoms with van der Waals surface area (Å²) in [6.45, 7) is 2.61. The van der Waals surface area contributed by atoms with Crippen molar-refractivity contribution in [3.8, 4) is 5.75 Å². The number of anilines is 1. The standard InChI is InChI=1S/C14H14BrClN2O/c1-9-5-6-17-14(16)13(9)18-8-10-7-11(15)3-4-12(10)19-2/h3-7,18H,8H2,1-2H3. The number of pyridine rings is 1. The number of benzene rings is 1. The second-order valence-electron chi connectivity index (χ2n) is 4.10. The number of rotatable bonds is 4. The summed E-state index contributed by atoms with van der Waals surface area (Å²) in [5, 5.41) is 3.78. The number of nitrogens with one attached hydrogen (secondary N) is 1. The maximum absolute atomic E-state index is 6.09. The lowest BCUT2D eigenvalue weighted by atomic mass is 10.2. The van der Waals surface area contributed by atoms with Gasteiger partial charge in [-0.2, -0.15) is 0 Å². The lowest BCUT2D eigenvalue weighted by molar-refractivity contribution is 0.410. The van der Waals surface area contributed by atoms with E-state index < -0.39 is 0 Å². The fourth-order valence-electron chi connectivity index (χ4n) is 1.81. The molecule has 1 N–H and O–H groups in total. The minimum Gasteiger partial charge on any atom is -0.496 e. The third kappa shape index (κ3) is 3.39. The first-order chi connectivity index (χ1) is 9.11. The van der Waals surface area contributed by atoms with E-state index in [0.29, 0.717) is 11.7 Å². The zero-order chi connectivity index (χ0) is 13.8. The summed E-state index contributed by atoms with van der Waals surface area (Å²) in [7, 11) is 1.66. The minimum atomic E-state index is 0.481. The van der Waals surface area contributed by atoms with Crippen LogP contribution in [-0.2, 0) is 6.54 Å². The summed E-state index contributed by atoms with van der Waals surface area (Å²) in [6.07, 6.45) is 1.70. The summed E-state index contributed by atoms with van der Waals surface area (Å²) < 4.78 is 6.35. The van der Waals surface area contributed by atoms with Crippen LogP contribution in [-0.4, -0.2) is 12.1 Å².